The molecule has 21 heavy (non-hydrogen) atoms. The predicted octanol–water partition coefficient (Wildman–Crippen LogP) is 2.37. The first kappa shape index (κ1) is 15.2. The smallest absolute Gasteiger partial charge is 0.407 e. The molecule has 2 rings (SSSR count). The molecule has 1 N–H and O–H groups in total. The van der Waals surface area contributed by atoms with E-state index in [1.165, 1.54) is 19.1 Å². The van der Waals surface area contributed by atoms with Gasteiger partial charge in [0.1, 0.15) is 11.5 Å². The summed E-state index contributed by atoms with van der Waals surface area (Å²) in [5, 5.41) is 9.14. The van der Waals surface area contributed by atoms with Crippen LogP contribution in [0.25, 0.3) is 0 Å². The van der Waals surface area contributed by atoms with Crippen LogP contribution < -0.4 is 9.47 Å². The van der Waals surface area contributed by atoms with Gasteiger partial charge in [0, 0.05) is 24.6 Å². The molecule has 0 radical (unpaired) electrons. The molecular weight excluding hydrogens is 274 g/mol. The molecule has 1 fully saturated rings. The number of carbonyl (C=O) groups excluding carboxylic acids is 1. The molecule has 0 aliphatic carbocycles. The first-order valence-electron chi connectivity index (χ1n) is 6.79. The van der Waals surface area contributed by atoms with Crippen molar-refractivity contribution in [2.24, 2.45) is 0 Å². The van der Waals surface area contributed by atoms with E-state index >= 15 is 0 Å². The van der Waals surface area contributed by atoms with E-state index in [9.17, 15) is 9.59 Å². The van der Waals surface area contributed by atoms with Crippen LogP contribution >= 0.6 is 0 Å². The predicted molar refractivity (Wildman–Crippen MR) is 76.5 cm³/mol. The van der Waals surface area contributed by atoms with Crippen molar-refractivity contribution in [2.45, 2.75) is 18.8 Å². The summed E-state index contributed by atoms with van der Waals surface area (Å²) in [6, 6.07) is 3.42. The minimum atomic E-state index is -0.907. The lowest BCUT2D eigenvalue weighted by Crippen LogP contribution is -2.38. The molecular formula is C15H19NO5. The number of hydrogen-bond acceptors (Lipinski definition) is 4. The van der Waals surface area contributed by atoms with Crippen molar-refractivity contribution in [3.05, 3.63) is 23.3 Å². The third-order valence-electron chi connectivity index (χ3n) is 3.84. The summed E-state index contributed by atoms with van der Waals surface area (Å²) in [6.45, 7) is 0.979. The molecule has 1 atom stereocenters. The molecule has 1 aliphatic heterocycles. The zero-order valence-electron chi connectivity index (χ0n) is 12.2. The van der Waals surface area contributed by atoms with Crippen LogP contribution in [0.5, 0.6) is 11.5 Å². The number of benzene rings is 1. The fourth-order valence-electron chi connectivity index (χ4n) is 2.76. The van der Waals surface area contributed by atoms with Crippen molar-refractivity contribution in [3.63, 3.8) is 0 Å². The fraction of sp³-hybridized carbons (Fsp3) is 0.467. The van der Waals surface area contributed by atoms with E-state index in [0.29, 0.717) is 30.2 Å². The van der Waals surface area contributed by atoms with E-state index < -0.39 is 6.09 Å². The van der Waals surface area contributed by atoms with Gasteiger partial charge in [-0.15, -0.1) is 0 Å². The Labute approximate surface area is 123 Å². The summed E-state index contributed by atoms with van der Waals surface area (Å²) < 4.78 is 10.6. The van der Waals surface area contributed by atoms with Crippen molar-refractivity contribution in [1.82, 2.24) is 4.90 Å². The van der Waals surface area contributed by atoms with Gasteiger partial charge in [-0.1, -0.05) is 0 Å². The van der Waals surface area contributed by atoms with Gasteiger partial charge in [0.15, 0.2) is 6.29 Å². The summed E-state index contributed by atoms with van der Waals surface area (Å²) in [6.07, 6.45) is 1.49. The van der Waals surface area contributed by atoms with Crippen molar-refractivity contribution in [1.29, 1.82) is 0 Å². The van der Waals surface area contributed by atoms with E-state index in [0.717, 1.165) is 24.7 Å². The van der Waals surface area contributed by atoms with Gasteiger partial charge in [0.2, 0.25) is 0 Å². The summed E-state index contributed by atoms with van der Waals surface area (Å²) in [5.74, 6) is 1.11. The number of methoxy groups -OCH3 is 2. The highest BCUT2D eigenvalue weighted by Crippen LogP contribution is 2.37. The van der Waals surface area contributed by atoms with Gasteiger partial charge in [-0.05, 0) is 25.0 Å². The maximum absolute atomic E-state index is 11.1. The molecule has 114 valence electrons. The number of aldehydes is 1. The van der Waals surface area contributed by atoms with Gasteiger partial charge in [-0.25, -0.2) is 4.79 Å². The second-order valence-electron chi connectivity index (χ2n) is 5.02. The Morgan fingerprint density at radius 3 is 2.62 bits per heavy atom. The average molecular weight is 293 g/mol. The number of nitrogens with zero attached hydrogens (tertiary/aromatic N) is 1. The molecule has 1 saturated heterocycles. The quantitative estimate of drug-likeness (QED) is 0.862. The maximum Gasteiger partial charge on any atom is 0.407 e. The number of ether oxygens (including phenoxy) is 2. The first-order valence-corrected chi connectivity index (χ1v) is 6.79. The van der Waals surface area contributed by atoms with Gasteiger partial charge in [-0.2, -0.15) is 0 Å². The molecule has 1 heterocycles. The summed E-state index contributed by atoms with van der Waals surface area (Å²) in [5.41, 5.74) is 1.30. The summed E-state index contributed by atoms with van der Waals surface area (Å²) >= 11 is 0. The zero-order chi connectivity index (χ0) is 15.4. The highest BCUT2D eigenvalue weighted by Gasteiger charge is 2.27. The Kier molecular flexibility index (Phi) is 4.67. The van der Waals surface area contributed by atoms with E-state index in [1.807, 2.05) is 0 Å². The van der Waals surface area contributed by atoms with Crippen LogP contribution in [0.15, 0.2) is 12.1 Å². The number of hydrogen-bond donors (Lipinski definition) is 1. The van der Waals surface area contributed by atoms with Crippen molar-refractivity contribution in [3.8, 4) is 11.5 Å². The minimum Gasteiger partial charge on any atom is -0.496 e. The second kappa shape index (κ2) is 6.47. The van der Waals surface area contributed by atoms with Gasteiger partial charge >= 0.3 is 6.09 Å². The molecule has 0 saturated carbocycles. The molecule has 6 heteroatoms. The van der Waals surface area contributed by atoms with E-state index in [2.05, 4.69) is 0 Å². The number of likely N-dealkylation sites (tertiary alicyclic amines) is 1. The van der Waals surface area contributed by atoms with Crippen LogP contribution in [0.1, 0.15) is 34.7 Å². The lowest BCUT2D eigenvalue weighted by Gasteiger charge is -2.31. The van der Waals surface area contributed by atoms with Crippen LogP contribution in [0.2, 0.25) is 0 Å². The highest BCUT2D eigenvalue weighted by atomic mass is 16.5. The normalized spacial score (nSPS) is 18.2. The Balaban J connectivity index is 2.37. The first-order chi connectivity index (χ1) is 10.1. The standard InChI is InChI=1S/C15H19NO5/c1-20-13-7-12(14(21-2)6-11(13)9-17)10-4-3-5-16(8-10)15(18)19/h6-7,9-10H,3-5,8H2,1-2H3,(H,18,19). The molecule has 1 aromatic carbocycles. The molecule has 0 bridgehead atoms. The Morgan fingerprint density at radius 1 is 1.33 bits per heavy atom. The van der Waals surface area contributed by atoms with Crippen molar-refractivity contribution in [2.75, 3.05) is 27.3 Å². The van der Waals surface area contributed by atoms with E-state index in [1.54, 1.807) is 12.1 Å². The molecule has 0 aromatic heterocycles. The Bertz CT molecular complexity index is 543. The van der Waals surface area contributed by atoms with Crippen LogP contribution in [-0.4, -0.2) is 49.7 Å². The topological polar surface area (TPSA) is 76.1 Å². The van der Waals surface area contributed by atoms with E-state index in [-0.39, 0.29) is 5.92 Å². The van der Waals surface area contributed by atoms with Crippen LogP contribution in [0.4, 0.5) is 4.79 Å². The number of rotatable bonds is 4. The minimum absolute atomic E-state index is 0.0411. The number of piperidine rings is 1. The summed E-state index contributed by atoms with van der Waals surface area (Å²) in [7, 11) is 3.04. The Hall–Kier alpha value is -2.24. The number of amides is 1. The lowest BCUT2D eigenvalue weighted by molar-refractivity contribution is 0.112. The zero-order valence-corrected chi connectivity index (χ0v) is 12.2. The molecule has 1 unspecified atom stereocenters. The number of carboxylic acid groups (broad SMARTS) is 1. The van der Waals surface area contributed by atoms with Gasteiger partial charge in [-0.3, -0.25) is 4.79 Å². The van der Waals surface area contributed by atoms with Crippen LogP contribution in [0.3, 0.4) is 0 Å². The summed E-state index contributed by atoms with van der Waals surface area (Å²) in [4.78, 5) is 23.6. The highest BCUT2D eigenvalue weighted by molar-refractivity contribution is 5.81. The molecule has 1 amide bonds. The third kappa shape index (κ3) is 3.09. The average Bonchev–Trinajstić information content (AvgIpc) is 2.53. The largest absolute Gasteiger partial charge is 0.496 e. The molecule has 1 aliphatic rings. The Morgan fingerprint density at radius 2 is 2.05 bits per heavy atom. The van der Waals surface area contributed by atoms with Crippen LogP contribution in [0, 0.1) is 0 Å². The van der Waals surface area contributed by atoms with Gasteiger partial charge in [0.05, 0.1) is 19.8 Å². The maximum atomic E-state index is 11.1. The lowest BCUT2D eigenvalue weighted by atomic mass is 9.89. The molecule has 0 spiro atoms. The van der Waals surface area contributed by atoms with Gasteiger partial charge < -0.3 is 19.5 Å². The SMILES string of the molecule is COc1cc(C2CCCN(C(=O)O)C2)c(OC)cc1C=O. The second-order valence-corrected chi connectivity index (χ2v) is 5.02. The van der Waals surface area contributed by atoms with Crippen LogP contribution in [-0.2, 0) is 0 Å². The van der Waals surface area contributed by atoms with Gasteiger partial charge in [0.25, 0.3) is 0 Å². The number of carbonyl (C=O) groups is 2. The van der Waals surface area contributed by atoms with E-state index in [4.69, 9.17) is 14.6 Å². The van der Waals surface area contributed by atoms with Crippen molar-refractivity contribution < 1.29 is 24.2 Å². The fourth-order valence-corrected chi connectivity index (χ4v) is 2.76. The third-order valence-corrected chi connectivity index (χ3v) is 3.84. The van der Waals surface area contributed by atoms with Crippen molar-refractivity contribution >= 4 is 12.4 Å². The molecule has 1 aromatic rings. The monoisotopic (exact) mass is 293 g/mol. The molecule has 6 nitrogen and oxygen atoms in total.